The monoisotopic (exact) mass is 410 g/mol. The second kappa shape index (κ2) is 8.01. The molecule has 30 heavy (non-hydrogen) atoms. The topological polar surface area (TPSA) is 66.8 Å². The van der Waals surface area contributed by atoms with Crippen LogP contribution >= 0.6 is 0 Å². The number of nitrogens with one attached hydrogen (secondary N) is 2. The van der Waals surface area contributed by atoms with Gasteiger partial charge in [-0.1, -0.05) is 0 Å². The molecule has 0 radical (unpaired) electrons. The van der Waals surface area contributed by atoms with Crippen molar-refractivity contribution in [3.63, 3.8) is 0 Å². The molecular weight excluding hydrogens is 384 g/mol. The van der Waals surface area contributed by atoms with Gasteiger partial charge in [0.15, 0.2) is 11.5 Å². The first-order valence-corrected chi connectivity index (χ1v) is 10.3. The molecule has 2 N–H and O–H groups in total. The molecular formula is C23H26N2O5+2. The third kappa shape index (κ3) is 3.86. The van der Waals surface area contributed by atoms with Crippen LogP contribution in [0.25, 0.3) is 11.0 Å². The first-order valence-electron chi connectivity index (χ1n) is 10.3. The summed E-state index contributed by atoms with van der Waals surface area (Å²) in [6, 6.07) is 13.4. The molecule has 1 saturated heterocycles. The van der Waals surface area contributed by atoms with Gasteiger partial charge in [-0.3, -0.25) is 0 Å². The second-order valence-corrected chi connectivity index (χ2v) is 7.99. The van der Waals surface area contributed by atoms with E-state index >= 15 is 0 Å². The Morgan fingerprint density at radius 3 is 2.47 bits per heavy atom. The van der Waals surface area contributed by atoms with Crippen molar-refractivity contribution in [1.82, 2.24) is 0 Å². The minimum Gasteiger partial charge on any atom is -0.497 e. The zero-order chi connectivity index (χ0) is 20.5. The molecule has 1 aromatic heterocycles. The Morgan fingerprint density at radius 2 is 1.67 bits per heavy atom. The van der Waals surface area contributed by atoms with E-state index in [4.69, 9.17) is 18.6 Å². The van der Waals surface area contributed by atoms with E-state index < -0.39 is 0 Å². The fourth-order valence-electron chi connectivity index (χ4n) is 4.40. The van der Waals surface area contributed by atoms with Crippen molar-refractivity contribution in [2.24, 2.45) is 0 Å². The van der Waals surface area contributed by atoms with Crippen molar-refractivity contribution < 1.29 is 28.4 Å². The molecule has 1 fully saturated rings. The van der Waals surface area contributed by atoms with Gasteiger partial charge in [-0.2, -0.15) is 0 Å². The van der Waals surface area contributed by atoms with Crippen molar-refractivity contribution in [2.45, 2.75) is 13.1 Å². The summed E-state index contributed by atoms with van der Waals surface area (Å²) in [5.41, 5.74) is 2.62. The molecule has 0 atom stereocenters. The van der Waals surface area contributed by atoms with Gasteiger partial charge in [0.25, 0.3) is 0 Å². The number of methoxy groups -OCH3 is 1. The summed E-state index contributed by atoms with van der Waals surface area (Å²) >= 11 is 0. The van der Waals surface area contributed by atoms with E-state index in [9.17, 15) is 4.79 Å². The van der Waals surface area contributed by atoms with Crippen LogP contribution in [0.1, 0.15) is 11.1 Å². The highest BCUT2D eigenvalue weighted by Gasteiger charge is 2.25. The maximum absolute atomic E-state index is 12.0. The number of hydrogen-bond acceptors (Lipinski definition) is 5. The van der Waals surface area contributed by atoms with Crippen molar-refractivity contribution in [3.8, 4) is 17.2 Å². The maximum Gasteiger partial charge on any atom is 0.336 e. The zero-order valence-electron chi connectivity index (χ0n) is 17.0. The summed E-state index contributed by atoms with van der Waals surface area (Å²) in [6.07, 6.45) is 0. The lowest BCUT2D eigenvalue weighted by molar-refractivity contribution is -1.02. The fourth-order valence-corrected chi connectivity index (χ4v) is 4.40. The molecule has 2 aromatic carbocycles. The van der Waals surface area contributed by atoms with E-state index in [2.05, 4.69) is 12.1 Å². The number of hydrogen-bond donors (Lipinski definition) is 2. The Balaban J connectivity index is 1.25. The Hall–Kier alpha value is -3.03. The van der Waals surface area contributed by atoms with E-state index in [0.29, 0.717) is 12.4 Å². The molecule has 0 amide bonds. The molecule has 0 saturated carbocycles. The highest BCUT2D eigenvalue weighted by molar-refractivity contribution is 5.81. The van der Waals surface area contributed by atoms with Gasteiger partial charge in [-0.05, 0) is 36.4 Å². The van der Waals surface area contributed by atoms with Crippen LogP contribution in [-0.4, -0.2) is 40.1 Å². The van der Waals surface area contributed by atoms with Crippen LogP contribution in [0.5, 0.6) is 17.2 Å². The average Bonchev–Trinajstić information content (AvgIpc) is 3.23. The maximum atomic E-state index is 12.0. The van der Waals surface area contributed by atoms with E-state index in [1.165, 1.54) is 10.5 Å². The first-order chi connectivity index (χ1) is 14.7. The average molecular weight is 410 g/mol. The van der Waals surface area contributed by atoms with Gasteiger partial charge < -0.3 is 28.4 Å². The molecule has 3 aromatic rings. The van der Waals surface area contributed by atoms with Gasteiger partial charge in [0, 0.05) is 22.6 Å². The summed E-state index contributed by atoms with van der Waals surface area (Å²) in [5, 5.41) is 0.955. The second-order valence-electron chi connectivity index (χ2n) is 7.99. The van der Waals surface area contributed by atoms with Crippen LogP contribution < -0.4 is 29.6 Å². The lowest BCUT2D eigenvalue weighted by Gasteiger charge is -2.30. The molecule has 0 unspecified atom stereocenters. The fraction of sp³-hybridized carbons (Fsp3) is 0.348. The van der Waals surface area contributed by atoms with Crippen LogP contribution in [0.4, 0.5) is 0 Å². The summed E-state index contributed by atoms with van der Waals surface area (Å²) in [4.78, 5) is 15.1. The minimum atomic E-state index is -0.297. The van der Waals surface area contributed by atoms with Crippen LogP contribution in [-0.2, 0) is 13.1 Å². The number of fused-ring (bicyclic) bond motifs is 2. The third-order valence-corrected chi connectivity index (χ3v) is 6.03. The van der Waals surface area contributed by atoms with Crippen molar-refractivity contribution >= 4 is 11.0 Å². The van der Waals surface area contributed by atoms with E-state index in [1.54, 1.807) is 18.1 Å². The van der Waals surface area contributed by atoms with Gasteiger partial charge in [-0.15, -0.1) is 0 Å². The largest absolute Gasteiger partial charge is 0.497 e. The molecule has 2 aliphatic rings. The number of benzene rings is 2. The van der Waals surface area contributed by atoms with Crippen LogP contribution in [0, 0.1) is 0 Å². The molecule has 156 valence electrons. The van der Waals surface area contributed by atoms with E-state index in [-0.39, 0.29) is 5.63 Å². The van der Waals surface area contributed by atoms with Gasteiger partial charge in [0.05, 0.1) is 7.11 Å². The lowest BCUT2D eigenvalue weighted by atomic mass is 10.1. The Morgan fingerprint density at radius 1 is 0.900 bits per heavy atom. The summed E-state index contributed by atoms with van der Waals surface area (Å²) in [7, 11) is 1.65. The standard InChI is InChI=1S/C23H24N2O5/c1-27-18-3-5-20-19(12-18)17(11-23(26)30-20)14-25-8-6-24(7-9-25)13-16-2-4-21-22(10-16)29-15-28-21/h2-5,10-12H,6-9,13-15H2,1H3/p+2. The lowest BCUT2D eigenvalue weighted by Crippen LogP contribution is -3.27. The van der Waals surface area contributed by atoms with Crippen LogP contribution in [0.2, 0.25) is 0 Å². The van der Waals surface area contributed by atoms with E-state index in [1.807, 2.05) is 24.3 Å². The van der Waals surface area contributed by atoms with Gasteiger partial charge in [0.1, 0.15) is 50.6 Å². The third-order valence-electron chi connectivity index (χ3n) is 6.03. The van der Waals surface area contributed by atoms with Gasteiger partial charge in [-0.25, -0.2) is 4.79 Å². The Kier molecular flexibility index (Phi) is 5.06. The van der Waals surface area contributed by atoms with Crippen LogP contribution in [0.3, 0.4) is 0 Å². The summed E-state index contributed by atoms with van der Waals surface area (Å²) in [6.45, 7) is 6.41. The van der Waals surface area contributed by atoms with Crippen molar-refractivity contribution in [1.29, 1.82) is 0 Å². The van der Waals surface area contributed by atoms with Gasteiger partial charge >= 0.3 is 5.63 Å². The number of ether oxygens (including phenoxy) is 3. The first kappa shape index (κ1) is 19.0. The molecule has 0 spiro atoms. The van der Waals surface area contributed by atoms with E-state index in [0.717, 1.165) is 67.5 Å². The molecule has 3 heterocycles. The minimum absolute atomic E-state index is 0.297. The van der Waals surface area contributed by atoms with Crippen LogP contribution in [0.15, 0.2) is 51.7 Å². The highest BCUT2D eigenvalue weighted by atomic mass is 16.7. The van der Waals surface area contributed by atoms with Crippen molar-refractivity contribution in [3.05, 3.63) is 64.0 Å². The number of quaternary nitrogens is 2. The Bertz CT molecular complexity index is 1120. The molecule has 0 aliphatic carbocycles. The predicted octanol–water partition coefficient (Wildman–Crippen LogP) is 0.0139. The summed E-state index contributed by atoms with van der Waals surface area (Å²) in [5.74, 6) is 2.45. The quantitative estimate of drug-likeness (QED) is 0.581. The zero-order valence-corrected chi connectivity index (χ0v) is 17.0. The Labute approximate surface area is 174 Å². The SMILES string of the molecule is COc1ccc2oc(=O)cc(C[NH+]3CC[NH+](Cc4ccc5c(c4)OCO5)CC3)c2c1. The van der Waals surface area contributed by atoms with Crippen molar-refractivity contribution in [2.75, 3.05) is 40.1 Å². The molecule has 2 aliphatic heterocycles. The predicted molar refractivity (Wildman–Crippen MR) is 110 cm³/mol. The van der Waals surface area contributed by atoms with Gasteiger partial charge in [0.2, 0.25) is 6.79 Å². The number of piperazine rings is 1. The molecule has 7 heteroatoms. The molecule has 0 bridgehead atoms. The smallest absolute Gasteiger partial charge is 0.336 e. The highest BCUT2D eigenvalue weighted by Crippen LogP contribution is 2.32. The molecule has 5 rings (SSSR count). The number of rotatable bonds is 5. The molecule has 7 nitrogen and oxygen atoms in total. The normalized spacial score (nSPS) is 20.4. The summed E-state index contributed by atoms with van der Waals surface area (Å²) < 4.78 is 21.6.